The Kier molecular flexibility index (Phi) is 4.29. The Labute approximate surface area is 115 Å². The van der Waals surface area contributed by atoms with Crippen molar-refractivity contribution in [2.75, 3.05) is 6.54 Å². The molecule has 1 fully saturated rings. The van der Waals surface area contributed by atoms with Gasteiger partial charge in [-0.05, 0) is 42.9 Å². The third-order valence-corrected chi connectivity index (χ3v) is 4.82. The van der Waals surface area contributed by atoms with Gasteiger partial charge in [-0.2, -0.15) is 0 Å². The molecule has 0 aliphatic heterocycles. The number of rotatable bonds is 5. The van der Waals surface area contributed by atoms with Crippen molar-refractivity contribution >= 4 is 17.4 Å². The van der Waals surface area contributed by atoms with Crippen LogP contribution in [0.3, 0.4) is 0 Å². The van der Waals surface area contributed by atoms with Gasteiger partial charge in [0, 0.05) is 22.3 Å². The van der Waals surface area contributed by atoms with E-state index < -0.39 is 0 Å². The number of hydrogen-bond donors (Lipinski definition) is 1. The van der Waals surface area contributed by atoms with Crippen LogP contribution in [0.15, 0.2) is 17.7 Å². The first-order chi connectivity index (χ1) is 8.49. The van der Waals surface area contributed by atoms with Crippen LogP contribution in [0.2, 0.25) is 0 Å². The summed E-state index contributed by atoms with van der Waals surface area (Å²) in [5.74, 6) is 0. The zero-order valence-electron chi connectivity index (χ0n) is 12.0. The number of hydrogen-bond acceptors (Lipinski definition) is 2. The third-order valence-electron chi connectivity index (χ3n) is 3.36. The smallest absolute Gasteiger partial charge is 0.0273 e. The largest absolute Gasteiger partial charge is 0.310 e. The van der Waals surface area contributed by atoms with Crippen LogP contribution >= 0.6 is 11.3 Å². The van der Waals surface area contributed by atoms with Crippen LogP contribution in [-0.2, 0) is 5.41 Å². The van der Waals surface area contributed by atoms with Crippen LogP contribution in [-0.4, -0.2) is 12.6 Å². The molecule has 1 aliphatic rings. The molecule has 0 radical (unpaired) electrons. The summed E-state index contributed by atoms with van der Waals surface area (Å²) in [6.07, 6.45) is 6.24. The first kappa shape index (κ1) is 13.8. The van der Waals surface area contributed by atoms with Gasteiger partial charge in [0.2, 0.25) is 0 Å². The lowest BCUT2D eigenvalue weighted by Crippen LogP contribution is -2.18. The minimum atomic E-state index is 0.273. The molecular weight excluding hydrogens is 238 g/mol. The Hall–Kier alpha value is -0.600. The van der Waals surface area contributed by atoms with Gasteiger partial charge >= 0.3 is 0 Å². The fourth-order valence-corrected chi connectivity index (χ4v) is 2.93. The lowest BCUT2D eigenvalue weighted by atomic mass is 9.95. The van der Waals surface area contributed by atoms with Gasteiger partial charge < -0.3 is 5.32 Å². The fourth-order valence-electron chi connectivity index (χ4n) is 1.88. The van der Waals surface area contributed by atoms with Gasteiger partial charge in [-0.3, -0.25) is 0 Å². The Morgan fingerprint density at radius 3 is 2.61 bits per heavy atom. The lowest BCUT2D eigenvalue weighted by molar-refractivity contribution is 0.604. The van der Waals surface area contributed by atoms with Gasteiger partial charge in [0.1, 0.15) is 0 Å². The Balaban J connectivity index is 2.02. The van der Waals surface area contributed by atoms with Crippen molar-refractivity contribution in [3.05, 3.63) is 27.5 Å². The summed E-state index contributed by atoms with van der Waals surface area (Å²) in [6, 6.07) is 5.34. The molecule has 0 atom stereocenters. The van der Waals surface area contributed by atoms with E-state index in [1.165, 1.54) is 28.2 Å². The molecule has 18 heavy (non-hydrogen) atoms. The van der Waals surface area contributed by atoms with E-state index in [-0.39, 0.29) is 5.41 Å². The molecule has 1 nitrogen and oxygen atoms in total. The molecule has 0 unspecified atom stereocenters. The van der Waals surface area contributed by atoms with Gasteiger partial charge in [-0.15, -0.1) is 11.3 Å². The molecule has 2 rings (SSSR count). The average molecular weight is 263 g/mol. The summed E-state index contributed by atoms with van der Waals surface area (Å²) in [5, 5.41) is 3.60. The number of thiophene rings is 1. The fraction of sp³-hybridized carbons (Fsp3) is 0.625. The van der Waals surface area contributed by atoms with E-state index in [0.29, 0.717) is 0 Å². The molecule has 1 aliphatic carbocycles. The SMILES string of the molecule is CC/C(=C/c1ccc(C(C)(C)C)s1)CNC1CC1. The average Bonchev–Trinajstić information content (AvgIpc) is 3.00. The molecule has 0 amide bonds. The minimum absolute atomic E-state index is 0.273. The highest BCUT2D eigenvalue weighted by Crippen LogP contribution is 2.30. The topological polar surface area (TPSA) is 12.0 Å². The van der Waals surface area contributed by atoms with Crippen LogP contribution < -0.4 is 5.32 Å². The van der Waals surface area contributed by atoms with Gasteiger partial charge in [0.05, 0.1) is 0 Å². The zero-order valence-corrected chi connectivity index (χ0v) is 12.9. The predicted octanol–water partition coefficient (Wildman–Crippen LogP) is 4.59. The first-order valence-electron chi connectivity index (χ1n) is 7.02. The molecule has 1 saturated carbocycles. The number of nitrogens with one attached hydrogen (secondary N) is 1. The standard InChI is InChI=1S/C16H25NS/c1-5-12(11-17-13-6-7-13)10-14-8-9-15(18-14)16(2,3)4/h8-10,13,17H,5-7,11H2,1-4H3/b12-10-. The molecule has 0 aromatic carbocycles. The van der Waals surface area contributed by atoms with Gasteiger partial charge in [0.25, 0.3) is 0 Å². The van der Waals surface area contributed by atoms with E-state index in [4.69, 9.17) is 0 Å². The monoisotopic (exact) mass is 263 g/mol. The van der Waals surface area contributed by atoms with Crippen molar-refractivity contribution in [1.29, 1.82) is 0 Å². The van der Waals surface area contributed by atoms with E-state index >= 15 is 0 Å². The van der Waals surface area contributed by atoms with Crippen LogP contribution in [0.4, 0.5) is 0 Å². The van der Waals surface area contributed by atoms with E-state index in [9.17, 15) is 0 Å². The minimum Gasteiger partial charge on any atom is -0.310 e. The second kappa shape index (κ2) is 5.58. The van der Waals surface area contributed by atoms with E-state index in [2.05, 4.69) is 51.2 Å². The Morgan fingerprint density at radius 2 is 2.11 bits per heavy atom. The van der Waals surface area contributed by atoms with Crippen molar-refractivity contribution in [1.82, 2.24) is 5.32 Å². The van der Waals surface area contributed by atoms with Crippen LogP contribution in [0.5, 0.6) is 0 Å². The summed E-state index contributed by atoms with van der Waals surface area (Å²) in [6.45, 7) is 10.1. The highest BCUT2D eigenvalue weighted by molar-refractivity contribution is 7.13. The van der Waals surface area contributed by atoms with Gasteiger partial charge in [-0.25, -0.2) is 0 Å². The molecule has 2 heteroatoms. The van der Waals surface area contributed by atoms with E-state index in [0.717, 1.165) is 19.0 Å². The van der Waals surface area contributed by atoms with Crippen molar-refractivity contribution in [2.24, 2.45) is 0 Å². The van der Waals surface area contributed by atoms with Crippen molar-refractivity contribution in [2.45, 2.75) is 58.4 Å². The molecular formula is C16H25NS. The Bertz CT molecular complexity index is 419. The third kappa shape index (κ3) is 3.96. The molecule has 100 valence electrons. The molecule has 1 heterocycles. The van der Waals surface area contributed by atoms with Crippen LogP contribution in [0.1, 0.15) is 56.7 Å². The first-order valence-corrected chi connectivity index (χ1v) is 7.84. The highest BCUT2D eigenvalue weighted by Gasteiger charge is 2.20. The second-order valence-corrected chi connectivity index (χ2v) is 7.38. The summed E-state index contributed by atoms with van der Waals surface area (Å²) in [4.78, 5) is 2.87. The molecule has 0 saturated heterocycles. The quantitative estimate of drug-likeness (QED) is 0.819. The normalized spacial score (nSPS) is 17.2. The maximum absolute atomic E-state index is 3.60. The van der Waals surface area contributed by atoms with Crippen molar-refractivity contribution in [3.63, 3.8) is 0 Å². The predicted molar refractivity (Wildman–Crippen MR) is 82.3 cm³/mol. The molecule has 0 bridgehead atoms. The highest BCUT2D eigenvalue weighted by atomic mass is 32.1. The van der Waals surface area contributed by atoms with Gasteiger partial charge in [-0.1, -0.05) is 33.3 Å². The van der Waals surface area contributed by atoms with Gasteiger partial charge in [0.15, 0.2) is 0 Å². The summed E-state index contributed by atoms with van der Waals surface area (Å²) < 4.78 is 0. The summed E-state index contributed by atoms with van der Waals surface area (Å²) in [7, 11) is 0. The summed E-state index contributed by atoms with van der Waals surface area (Å²) in [5.41, 5.74) is 1.79. The molecule has 1 aromatic heterocycles. The molecule has 0 spiro atoms. The second-order valence-electron chi connectivity index (χ2n) is 6.26. The van der Waals surface area contributed by atoms with E-state index in [1.807, 2.05) is 11.3 Å². The molecule has 1 N–H and O–H groups in total. The van der Waals surface area contributed by atoms with Crippen molar-refractivity contribution < 1.29 is 0 Å². The maximum atomic E-state index is 3.60. The van der Waals surface area contributed by atoms with Crippen LogP contribution in [0.25, 0.3) is 6.08 Å². The summed E-state index contributed by atoms with van der Waals surface area (Å²) >= 11 is 1.93. The van der Waals surface area contributed by atoms with Crippen molar-refractivity contribution in [3.8, 4) is 0 Å². The zero-order chi connectivity index (χ0) is 13.2. The maximum Gasteiger partial charge on any atom is 0.0273 e. The molecule has 1 aromatic rings. The van der Waals surface area contributed by atoms with E-state index in [1.54, 1.807) is 0 Å². The lowest BCUT2D eigenvalue weighted by Gasteiger charge is -2.15. The van der Waals surface area contributed by atoms with Crippen LogP contribution in [0, 0.1) is 0 Å². The Morgan fingerprint density at radius 1 is 1.39 bits per heavy atom.